The predicted octanol–water partition coefficient (Wildman–Crippen LogP) is 5.50. The van der Waals surface area contributed by atoms with Gasteiger partial charge in [-0.1, -0.05) is 66.7 Å². The summed E-state index contributed by atoms with van der Waals surface area (Å²) in [6, 6.07) is 27.9. The van der Waals surface area contributed by atoms with Crippen LogP contribution in [0.3, 0.4) is 0 Å². The van der Waals surface area contributed by atoms with Gasteiger partial charge in [-0.25, -0.2) is 4.39 Å². The minimum absolute atomic E-state index is 0.206. The third kappa shape index (κ3) is 5.27. The molecular weight excluding hydrogens is 391 g/mol. The van der Waals surface area contributed by atoms with Crippen LogP contribution in [-0.2, 0) is 19.8 Å². The van der Waals surface area contributed by atoms with Crippen molar-refractivity contribution in [3.05, 3.63) is 114 Å². The smallest absolute Gasteiger partial charge is 0.225 e. The summed E-state index contributed by atoms with van der Waals surface area (Å²) in [4.78, 5) is 4.60. The summed E-state index contributed by atoms with van der Waals surface area (Å²) in [6.07, 6.45) is 0. The lowest BCUT2D eigenvalue weighted by Crippen LogP contribution is -2.04. The van der Waals surface area contributed by atoms with Crippen LogP contribution in [0.15, 0.2) is 91.0 Å². The van der Waals surface area contributed by atoms with Crippen molar-refractivity contribution in [2.24, 2.45) is 5.73 Å². The van der Waals surface area contributed by atoms with Gasteiger partial charge < -0.3 is 15.2 Å². The molecule has 0 saturated carbocycles. The van der Waals surface area contributed by atoms with E-state index in [1.54, 1.807) is 12.1 Å². The quantitative estimate of drug-likeness (QED) is 0.413. The molecule has 3 aromatic carbocycles. The van der Waals surface area contributed by atoms with E-state index in [1.165, 1.54) is 12.1 Å². The zero-order chi connectivity index (χ0) is 21.5. The van der Waals surface area contributed by atoms with Gasteiger partial charge in [0.15, 0.2) is 0 Å². The highest BCUT2D eigenvalue weighted by atomic mass is 19.1. The van der Waals surface area contributed by atoms with E-state index in [0.717, 1.165) is 22.3 Å². The Hall–Kier alpha value is -3.70. The van der Waals surface area contributed by atoms with Gasteiger partial charge in [-0.05, 0) is 40.5 Å². The second-order valence-electron chi connectivity index (χ2n) is 7.06. The van der Waals surface area contributed by atoms with Crippen LogP contribution >= 0.6 is 0 Å². The third-order valence-corrected chi connectivity index (χ3v) is 4.86. The lowest BCUT2D eigenvalue weighted by atomic mass is 10.0. The Labute approximate surface area is 181 Å². The van der Waals surface area contributed by atoms with Gasteiger partial charge in [0, 0.05) is 18.2 Å². The molecule has 4 rings (SSSR count). The molecule has 0 amide bonds. The minimum Gasteiger partial charge on any atom is -0.473 e. The molecule has 1 heterocycles. The fraction of sp³-hybridized carbons (Fsp3) is 0.115. The van der Waals surface area contributed by atoms with Gasteiger partial charge in [0.1, 0.15) is 19.0 Å². The Morgan fingerprint density at radius 1 is 0.710 bits per heavy atom. The van der Waals surface area contributed by atoms with Crippen molar-refractivity contribution in [1.82, 2.24) is 4.98 Å². The van der Waals surface area contributed by atoms with Gasteiger partial charge in [-0.2, -0.15) is 4.98 Å². The van der Waals surface area contributed by atoms with Crippen LogP contribution in [0.2, 0.25) is 0 Å². The Morgan fingerprint density at radius 3 is 1.97 bits per heavy atom. The summed E-state index contributed by atoms with van der Waals surface area (Å²) in [7, 11) is 0. The molecule has 0 aliphatic heterocycles. The highest BCUT2D eigenvalue weighted by Gasteiger charge is 2.15. The molecule has 0 saturated heterocycles. The summed E-state index contributed by atoms with van der Waals surface area (Å²) in [5, 5.41) is 0. The Bertz CT molecular complexity index is 1130. The number of hydrogen-bond donors (Lipinski definition) is 1. The maximum Gasteiger partial charge on any atom is 0.225 e. The van der Waals surface area contributed by atoms with Crippen LogP contribution in [0.4, 0.5) is 4.39 Å². The molecule has 4 nitrogen and oxygen atoms in total. The normalized spacial score (nSPS) is 10.6. The molecule has 0 radical (unpaired) electrons. The molecule has 0 fully saturated rings. The van der Waals surface area contributed by atoms with Crippen LogP contribution in [-0.4, -0.2) is 4.98 Å². The van der Waals surface area contributed by atoms with Gasteiger partial charge in [0.2, 0.25) is 11.8 Å². The average molecular weight is 414 g/mol. The van der Waals surface area contributed by atoms with E-state index in [4.69, 9.17) is 15.2 Å². The highest BCUT2D eigenvalue weighted by Crippen LogP contribution is 2.34. The number of ether oxygens (including phenoxy) is 2. The summed E-state index contributed by atoms with van der Waals surface area (Å²) < 4.78 is 25.7. The average Bonchev–Trinajstić information content (AvgIpc) is 2.83. The largest absolute Gasteiger partial charge is 0.473 e. The van der Waals surface area contributed by atoms with Gasteiger partial charge in [-0.3, -0.25) is 0 Å². The molecule has 4 aromatic rings. The van der Waals surface area contributed by atoms with Crippen molar-refractivity contribution < 1.29 is 13.9 Å². The van der Waals surface area contributed by atoms with Gasteiger partial charge in [0.05, 0.1) is 0 Å². The van der Waals surface area contributed by atoms with Gasteiger partial charge in [-0.15, -0.1) is 0 Å². The summed E-state index contributed by atoms with van der Waals surface area (Å²) in [5.74, 6) is 0.537. The van der Waals surface area contributed by atoms with Gasteiger partial charge in [0.25, 0.3) is 0 Å². The number of pyridine rings is 1. The molecule has 156 valence electrons. The lowest BCUT2D eigenvalue weighted by molar-refractivity contribution is 0.268. The molecule has 0 spiro atoms. The first kappa shape index (κ1) is 20.6. The summed E-state index contributed by atoms with van der Waals surface area (Å²) in [6.45, 7) is 0.954. The third-order valence-electron chi connectivity index (χ3n) is 4.86. The Morgan fingerprint density at radius 2 is 1.32 bits per heavy atom. The zero-order valence-electron chi connectivity index (χ0n) is 17.0. The standard InChI is InChI=1S/C26H23FN2O2/c27-22-11-12-23(21(15-22)16-28)24-13-14-25(30-17-19-7-3-1-4-8-19)29-26(24)31-18-20-9-5-2-6-10-20/h1-15H,16-18,28H2. The first-order chi connectivity index (χ1) is 15.2. The number of aromatic nitrogens is 1. The molecule has 0 bridgehead atoms. The van der Waals surface area contributed by atoms with E-state index in [9.17, 15) is 4.39 Å². The molecule has 31 heavy (non-hydrogen) atoms. The van der Waals surface area contributed by atoms with Crippen molar-refractivity contribution in [2.45, 2.75) is 19.8 Å². The number of nitrogens with two attached hydrogens (primary N) is 1. The number of benzene rings is 3. The van der Waals surface area contributed by atoms with Crippen LogP contribution < -0.4 is 15.2 Å². The monoisotopic (exact) mass is 414 g/mol. The highest BCUT2D eigenvalue weighted by molar-refractivity contribution is 5.72. The molecule has 5 heteroatoms. The topological polar surface area (TPSA) is 57.4 Å². The van der Waals surface area contributed by atoms with E-state index < -0.39 is 0 Å². The molecule has 2 N–H and O–H groups in total. The fourth-order valence-electron chi connectivity index (χ4n) is 3.27. The van der Waals surface area contributed by atoms with Crippen molar-refractivity contribution in [1.29, 1.82) is 0 Å². The first-order valence-corrected chi connectivity index (χ1v) is 10.1. The van der Waals surface area contributed by atoms with Crippen molar-refractivity contribution >= 4 is 0 Å². The molecule has 0 aliphatic rings. The van der Waals surface area contributed by atoms with E-state index >= 15 is 0 Å². The molecular formula is C26H23FN2O2. The molecule has 1 aromatic heterocycles. The van der Waals surface area contributed by atoms with Crippen molar-refractivity contribution in [2.75, 3.05) is 0 Å². The predicted molar refractivity (Wildman–Crippen MR) is 119 cm³/mol. The molecule has 0 unspecified atom stereocenters. The van der Waals surface area contributed by atoms with E-state index in [-0.39, 0.29) is 12.4 Å². The van der Waals surface area contributed by atoms with Crippen molar-refractivity contribution in [3.8, 4) is 22.9 Å². The summed E-state index contributed by atoms with van der Waals surface area (Å²) >= 11 is 0. The fourth-order valence-corrected chi connectivity index (χ4v) is 3.27. The van der Waals surface area contributed by atoms with Crippen LogP contribution in [0.25, 0.3) is 11.1 Å². The Balaban J connectivity index is 1.64. The van der Waals surface area contributed by atoms with E-state index in [2.05, 4.69) is 4.98 Å². The van der Waals surface area contributed by atoms with E-state index in [1.807, 2.05) is 66.7 Å². The summed E-state index contributed by atoms with van der Waals surface area (Å²) in [5.41, 5.74) is 10.1. The second-order valence-corrected chi connectivity index (χ2v) is 7.06. The van der Waals surface area contributed by atoms with Gasteiger partial charge >= 0.3 is 0 Å². The van der Waals surface area contributed by atoms with E-state index in [0.29, 0.717) is 30.5 Å². The number of hydrogen-bond acceptors (Lipinski definition) is 4. The molecule has 0 atom stereocenters. The maximum atomic E-state index is 13.7. The number of nitrogens with zero attached hydrogens (tertiary/aromatic N) is 1. The number of rotatable bonds is 8. The first-order valence-electron chi connectivity index (χ1n) is 10.1. The maximum absolute atomic E-state index is 13.7. The lowest BCUT2D eigenvalue weighted by Gasteiger charge is -2.15. The number of halogens is 1. The minimum atomic E-state index is -0.327. The SMILES string of the molecule is NCc1cc(F)ccc1-c1ccc(OCc2ccccc2)nc1OCc1ccccc1. The van der Waals surface area contributed by atoms with Crippen LogP contribution in [0.5, 0.6) is 11.8 Å². The van der Waals surface area contributed by atoms with Crippen molar-refractivity contribution in [3.63, 3.8) is 0 Å². The second kappa shape index (κ2) is 9.87. The molecule has 0 aliphatic carbocycles. The van der Waals surface area contributed by atoms with Crippen LogP contribution in [0, 0.1) is 5.82 Å². The zero-order valence-corrected chi connectivity index (χ0v) is 17.0. The van der Waals surface area contributed by atoms with Crippen LogP contribution in [0.1, 0.15) is 16.7 Å². The Kier molecular flexibility index (Phi) is 6.55.